The molecule has 1 amide bonds. The van der Waals surface area contributed by atoms with Crippen molar-refractivity contribution in [2.45, 2.75) is 18.9 Å². The van der Waals surface area contributed by atoms with Crippen LogP contribution < -0.4 is 10.6 Å². The van der Waals surface area contributed by atoms with Crippen LogP contribution in [0.2, 0.25) is 0 Å². The van der Waals surface area contributed by atoms with Crippen LogP contribution in [0.1, 0.15) is 12.8 Å². The summed E-state index contributed by atoms with van der Waals surface area (Å²) in [5.74, 6) is 0.175. The number of rotatable bonds is 3. The molecule has 1 aliphatic rings. The molecule has 0 bridgehead atoms. The van der Waals surface area contributed by atoms with E-state index < -0.39 is 0 Å². The van der Waals surface area contributed by atoms with Gasteiger partial charge in [-0.2, -0.15) is 0 Å². The first-order chi connectivity index (χ1) is 6.18. The molecule has 4 heteroatoms. The molecular weight excluding hydrogens is 166 g/mol. The Bertz CT molecular complexity index is 170. The van der Waals surface area contributed by atoms with Gasteiger partial charge in [0, 0.05) is 25.6 Å². The number of hydrogen-bond acceptors (Lipinski definition) is 3. The highest BCUT2D eigenvalue weighted by molar-refractivity contribution is 5.76. The van der Waals surface area contributed by atoms with E-state index in [1.165, 1.54) is 0 Å². The summed E-state index contributed by atoms with van der Waals surface area (Å²) in [6.07, 6.45) is 1.66. The van der Waals surface area contributed by atoms with E-state index in [2.05, 4.69) is 29.6 Å². The van der Waals surface area contributed by atoms with Crippen molar-refractivity contribution in [1.82, 2.24) is 15.5 Å². The average Bonchev–Trinajstić information content (AvgIpc) is 2.26. The Hall–Kier alpha value is -0.610. The van der Waals surface area contributed by atoms with Gasteiger partial charge in [0.15, 0.2) is 0 Å². The van der Waals surface area contributed by atoms with E-state index >= 15 is 0 Å². The SMILES string of the molecule is CN(C)CCC1CC(=O)NCCN1. The predicted octanol–water partition coefficient (Wildman–Crippen LogP) is -0.584. The maximum Gasteiger partial charge on any atom is 0.221 e. The van der Waals surface area contributed by atoms with Crippen LogP contribution in [0.5, 0.6) is 0 Å². The van der Waals surface area contributed by atoms with Gasteiger partial charge >= 0.3 is 0 Å². The van der Waals surface area contributed by atoms with Crippen molar-refractivity contribution in [3.63, 3.8) is 0 Å². The third-order valence-electron chi connectivity index (χ3n) is 2.24. The molecular formula is C9H19N3O. The van der Waals surface area contributed by atoms with E-state index in [0.717, 1.165) is 26.1 Å². The van der Waals surface area contributed by atoms with Crippen molar-refractivity contribution in [2.75, 3.05) is 33.7 Å². The van der Waals surface area contributed by atoms with Crippen molar-refractivity contribution < 1.29 is 4.79 Å². The van der Waals surface area contributed by atoms with Gasteiger partial charge in [-0.1, -0.05) is 0 Å². The van der Waals surface area contributed by atoms with Gasteiger partial charge in [0.2, 0.25) is 5.91 Å². The lowest BCUT2D eigenvalue weighted by atomic mass is 10.1. The lowest BCUT2D eigenvalue weighted by Crippen LogP contribution is -2.33. The first-order valence-electron chi connectivity index (χ1n) is 4.83. The molecule has 0 spiro atoms. The summed E-state index contributed by atoms with van der Waals surface area (Å²) in [4.78, 5) is 13.3. The van der Waals surface area contributed by atoms with Gasteiger partial charge in [-0.05, 0) is 27.1 Å². The van der Waals surface area contributed by atoms with Crippen molar-refractivity contribution in [3.8, 4) is 0 Å². The second kappa shape index (κ2) is 5.19. The third-order valence-corrected chi connectivity index (χ3v) is 2.24. The van der Waals surface area contributed by atoms with Gasteiger partial charge in [-0.15, -0.1) is 0 Å². The fourth-order valence-corrected chi connectivity index (χ4v) is 1.46. The van der Waals surface area contributed by atoms with Gasteiger partial charge in [0.1, 0.15) is 0 Å². The summed E-state index contributed by atoms with van der Waals surface area (Å²) in [7, 11) is 4.10. The highest BCUT2D eigenvalue weighted by Gasteiger charge is 2.15. The molecule has 13 heavy (non-hydrogen) atoms. The topological polar surface area (TPSA) is 44.4 Å². The van der Waals surface area contributed by atoms with Gasteiger partial charge in [-0.3, -0.25) is 4.79 Å². The minimum absolute atomic E-state index is 0.175. The van der Waals surface area contributed by atoms with Crippen LogP contribution in [-0.4, -0.2) is 50.6 Å². The van der Waals surface area contributed by atoms with E-state index in [0.29, 0.717) is 12.5 Å². The Morgan fingerprint density at radius 1 is 1.46 bits per heavy atom. The Labute approximate surface area is 79.7 Å². The first kappa shape index (κ1) is 10.5. The zero-order valence-corrected chi connectivity index (χ0v) is 8.47. The van der Waals surface area contributed by atoms with Crippen LogP contribution in [0.4, 0.5) is 0 Å². The number of nitrogens with zero attached hydrogens (tertiary/aromatic N) is 1. The minimum atomic E-state index is 0.175. The number of carbonyl (C=O) groups is 1. The molecule has 1 unspecified atom stereocenters. The van der Waals surface area contributed by atoms with Gasteiger partial charge in [-0.25, -0.2) is 0 Å². The largest absolute Gasteiger partial charge is 0.355 e. The minimum Gasteiger partial charge on any atom is -0.355 e. The van der Waals surface area contributed by atoms with E-state index in [9.17, 15) is 4.79 Å². The smallest absolute Gasteiger partial charge is 0.221 e. The standard InChI is InChI=1S/C9H19N3O/c1-12(2)6-3-8-7-9(13)11-5-4-10-8/h8,10H,3-7H2,1-2H3,(H,11,13). The monoisotopic (exact) mass is 185 g/mol. The van der Waals surface area contributed by atoms with E-state index in [-0.39, 0.29) is 5.91 Å². The van der Waals surface area contributed by atoms with Crippen molar-refractivity contribution >= 4 is 5.91 Å². The maximum atomic E-state index is 11.2. The zero-order valence-electron chi connectivity index (χ0n) is 8.47. The van der Waals surface area contributed by atoms with Gasteiger partial charge < -0.3 is 15.5 Å². The molecule has 1 fully saturated rings. The molecule has 0 aromatic carbocycles. The average molecular weight is 185 g/mol. The zero-order chi connectivity index (χ0) is 9.68. The molecule has 4 nitrogen and oxygen atoms in total. The van der Waals surface area contributed by atoms with Crippen LogP contribution in [-0.2, 0) is 4.79 Å². The lowest BCUT2D eigenvalue weighted by molar-refractivity contribution is -0.121. The molecule has 76 valence electrons. The molecule has 0 saturated carbocycles. The van der Waals surface area contributed by atoms with Crippen molar-refractivity contribution in [1.29, 1.82) is 0 Å². The molecule has 1 atom stereocenters. The summed E-state index contributed by atoms with van der Waals surface area (Å²) in [6, 6.07) is 0.352. The normalized spacial score (nSPS) is 24.2. The molecule has 1 aliphatic heterocycles. The molecule has 1 saturated heterocycles. The van der Waals surface area contributed by atoms with E-state index in [1.54, 1.807) is 0 Å². The number of hydrogen-bond donors (Lipinski definition) is 2. The number of nitrogens with one attached hydrogen (secondary N) is 2. The van der Waals surface area contributed by atoms with Crippen LogP contribution in [0, 0.1) is 0 Å². The molecule has 0 aromatic heterocycles. The number of amides is 1. The predicted molar refractivity (Wildman–Crippen MR) is 52.6 cm³/mol. The fourth-order valence-electron chi connectivity index (χ4n) is 1.46. The molecule has 0 aromatic rings. The highest BCUT2D eigenvalue weighted by Crippen LogP contribution is 2.01. The van der Waals surface area contributed by atoms with E-state index in [4.69, 9.17) is 0 Å². The lowest BCUT2D eigenvalue weighted by Gasteiger charge is -2.17. The van der Waals surface area contributed by atoms with Crippen LogP contribution in [0.3, 0.4) is 0 Å². The summed E-state index contributed by atoms with van der Waals surface area (Å²) < 4.78 is 0. The summed E-state index contributed by atoms with van der Waals surface area (Å²) >= 11 is 0. The maximum absolute atomic E-state index is 11.2. The van der Waals surface area contributed by atoms with Crippen LogP contribution in [0.25, 0.3) is 0 Å². The summed E-state index contributed by atoms with van der Waals surface area (Å²) in [5, 5.41) is 6.20. The third kappa shape index (κ3) is 4.24. The van der Waals surface area contributed by atoms with Crippen LogP contribution in [0.15, 0.2) is 0 Å². The Kier molecular flexibility index (Phi) is 4.18. The Morgan fingerprint density at radius 2 is 2.23 bits per heavy atom. The molecule has 0 aliphatic carbocycles. The Morgan fingerprint density at radius 3 is 2.92 bits per heavy atom. The molecule has 2 N–H and O–H groups in total. The second-order valence-electron chi connectivity index (χ2n) is 3.80. The number of carbonyl (C=O) groups excluding carboxylic acids is 1. The molecule has 1 rings (SSSR count). The highest BCUT2D eigenvalue weighted by atomic mass is 16.1. The van der Waals surface area contributed by atoms with Crippen molar-refractivity contribution in [2.24, 2.45) is 0 Å². The molecule has 1 heterocycles. The van der Waals surface area contributed by atoms with Crippen molar-refractivity contribution in [3.05, 3.63) is 0 Å². The Balaban J connectivity index is 2.26. The second-order valence-corrected chi connectivity index (χ2v) is 3.80. The molecule has 0 radical (unpaired) electrons. The van der Waals surface area contributed by atoms with Gasteiger partial charge in [0.25, 0.3) is 0 Å². The van der Waals surface area contributed by atoms with E-state index in [1.807, 2.05) is 0 Å². The van der Waals surface area contributed by atoms with Crippen LogP contribution >= 0.6 is 0 Å². The first-order valence-corrected chi connectivity index (χ1v) is 4.83. The summed E-state index contributed by atoms with van der Waals surface area (Å²) in [6.45, 7) is 2.69. The quantitative estimate of drug-likeness (QED) is 0.618. The van der Waals surface area contributed by atoms with Gasteiger partial charge in [0.05, 0.1) is 0 Å². The summed E-state index contributed by atoms with van der Waals surface area (Å²) in [5.41, 5.74) is 0. The fraction of sp³-hybridized carbons (Fsp3) is 0.889.